The first-order valence-corrected chi connectivity index (χ1v) is 8.33. The zero-order valence-corrected chi connectivity index (χ0v) is 14.9. The Morgan fingerprint density at radius 1 is 1.04 bits per heavy atom. The van der Waals surface area contributed by atoms with Crippen molar-refractivity contribution in [3.05, 3.63) is 66.2 Å². The maximum Gasteiger partial charge on any atom is 0.213 e. The molecule has 0 saturated heterocycles. The summed E-state index contributed by atoms with van der Waals surface area (Å²) in [5.74, 6) is 1.25. The van der Waals surface area contributed by atoms with Gasteiger partial charge in [0.15, 0.2) is 11.5 Å². The van der Waals surface area contributed by atoms with Crippen molar-refractivity contribution >= 4 is 17.2 Å². The minimum absolute atomic E-state index is 0.568. The predicted octanol–water partition coefficient (Wildman–Crippen LogP) is 4.16. The molecule has 6 nitrogen and oxygen atoms in total. The van der Waals surface area contributed by atoms with Crippen LogP contribution in [0.25, 0.3) is 16.9 Å². The molecule has 0 spiro atoms. The van der Waals surface area contributed by atoms with E-state index in [4.69, 9.17) is 9.72 Å². The SMILES string of the molecule is COc1ccc(Nc2nc(-c3c(C)cccc3C)cn3ccnc23)cn1. The summed E-state index contributed by atoms with van der Waals surface area (Å²) in [4.78, 5) is 13.5. The molecule has 130 valence electrons. The second-order valence-corrected chi connectivity index (χ2v) is 6.11. The van der Waals surface area contributed by atoms with Crippen molar-refractivity contribution in [2.45, 2.75) is 13.8 Å². The molecular formula is C20H19N5O. The Bertz CT molecular complexity index is 1050. The van der Waals surface area contributed by atoms with Gasteiger partial charge in [-0.25, -0.2) is 15.0 Å². The van der Waals surface area contributed by atoms with E-state index in [1.807, 2.05) is 22.9 Å². The lowest BCUT2D eigenvalue weighted by molar-refractivity contribution is 0.398. The lowest BCUT2D eigenvalue weighted by Gasteiger charge is -2.13. The molecule has 26 heavy (non-hydrogen) atoms. The van der Waals surface area contributed by atoms with E-state index in [2.05, 4.69) is 47.3 Å². The second kappa shape index (κ2) is 6.48. The number of aryl methyl sites for hydroxylation is 2. The van der Waals surface area contributed by atoms with E-state index < -0.39 is 0 Å². The number of nitrogens with zero attached hydrogens (tertiary/aromatic N) is 4. The molecule has 0 saturated carbocycles. The number of imidazole rings is 1. The van der Waals surface area contributed by atoms with Crippen LogP contribution >= 0.6 is 0 Å². The molecule has 0 aliphatic rings. The van der Waals surface area contributed by atoms with Gasteiger partial charge < -0.3 is 14.5 Å². The Morgan fingerprint density at radius 3 is 2.54 bits per heavy atom. The molecule has 0 bridgehead atoms. The van der Waals surface area contributed by atoms with E-state index in [1.54, 1.807) is 25.6 Å². The molecule has 0 aliphatic carbocycles. The third-order valence-corrected chi connectivity index (χ3v) is 4.32. The topological polar surface area (TPSA) is 64.3 Å². The summed E-state index contributed by atoms with van der Waals surface area (Å²) >= 11 is 0. The average Bonchev–Trinajstić information content (AvgIpc) is 3.11. The summed E-state index contributed by atoms with van der Waals surface area (Å²) in [5.41, 5.74) is 6.00. The lowest BCUT2D eigenvalue weighted by Crippen LogP contribution is -2.02. The summed E-state index contributed by atoms with van der Waals surface area (Å²) in [7, 11) is 1.60. The third-order valence-electron chi connectivity index (χ3n) is 4.32. The largest absolute Gasteiger partial charge is 0.481 e. The zero-order chi connectivity index (χ0) is 18.1. The van der Waals surface area contributed by atoms with Gasteiger partial charge in [-0.1, -0.05) is 18.2 Å². The number of nitrogens with one attached hydrogen (secondary N) is 1. The summed E-state index contributed by atoms with van der Waals surface area (Å²) < 4.78 is 7.09. The van der Waals surface area contributed by atoms with Gasteiger partial charge in [0.05, 0.1) is 24.7 Å². The molecule has 3 heterocycles. The third kappa shape index (κ3) is 2.86. The number of pyridine rings is 1. The van der Waals surface area contributed by atoms with Gasteiger partial charge in [0.25, 0.3) is 0 Å². The molecule has 0 radical (unpaired) electrons. The Morgan fingerprint density at radius 2 is 1.85 bits per heavy atom. The molecule has 4 aromatic rings. The Hall–Kier alpha value is -3.41. The molecule has 6 heteroatoms. The molecule has 1 N–H and O–H groups in total. The van der Waals surface area contributed by atoms with Crippen LogP contribution in [-0.2, 0) is 0 Å². The van der Waals surface area contributed by atoms with Crippen LogP contribution in [0, 0.1) is 13.8 Å². The van der Waals surface area contributed by atoms with Crippen molar-refractivity contribution in [2.24, 2.45) is 0 Å². The maximum absolute atomic E-state index is 5.11. The van der Waals surface area contributed by atoms with E-state index in [-0.39, 0.29) is 0 Å². The molecule has 3 aromatic heterocycles. The molecule has 4 rings (SSSR count). The van der Waals surface area contributed by atoms with Gasteiger partial charge in [-0.05, 0) is 31.0 Å². The number of rotatable bonds is 4. The first kappa shape index (κ1) is 16.1. The molecule has 0 amide bonds. The summed E-state index contributed by atoms with van der Waals surface area (Å²) in [6.07, 6.45) is 7.41. The highest BCUT2D eigenvalue weighted by Crippen LogP contribution is 2.29. The van der Waals surface area contributed by atoms with Crippen molar-refractivity contribution in [2.75, 3.05) is 12.4 Å². The minimum Gasteiger partial charge on any atom is -0.481 e. The fourth-order valence-corrected chi connectivity index (χ4v) is 3.07. The van der Waals surface area contributed by atoms with Crippen LogP contribution in [0.15, 0.2) is 55.1 Å². The Kier molecular flexibility index (Phi) is 4.01. The normalized spacial score (nSPS) is 10.9. The maximum atomic E-state index is 5.11. The van der Waals surface area contributed by atoms with Gasteiger partial charge in [-0.15, -0.1) is 0 Å². The summed E-state index contributed by atoms with van der Waals surface area (Å²) in [6, 6.07) is 9.97. The number of aromatic nitrogens is 4. The monoisotopic (exact) mass is 345 g/mol. The van der Waals surface area contributed by atoms with Crippen LogP contribution in [0.1, 0.15) is 11.1 Å². The Balaban J connectivity index is 1.82. The van der Waals surface area contributed by atoms with E-state index in [1.165, 1.54) is 11.1 Å². The van der Waals surface area contributed by atoms with Crippen LogP contribution in [0.4, 0.5) is 11.5 Å². The van der Waals surface area contributed by atoms with Gasteiger partial charge in [-0.3, -0.25) is 0 Å². The van der Waals surface area contributed by atoms with Crippen molar-refractivity contribution in [1.82, 2.24) is 19.4 Å². The fraction of sp³-hybridized carbons (Fsp3) is 0.150. The standard InChI is InChI=1S/C20H19N5O/c1-13-5-4-6-14(2)18(13)16-12-25-10-9-21-20(25)19(24-16)23-15-7-8-17(26-3)22-11-15/h4-12H,1-3H3,(H,23,24). The highest BCUT2D eigenvalue weighted by atomic mass is 16.5. The molecule has 0 fully saturated rings. The number of benzene rings is 1. The van der Waals surface area contributed by atoms with E-state index in [0.29, 0.717) is 11.7 Å². The first-order valence-electron chi connectivity index (χ1n) is 8.33. The second-order valence-electron chi connectivity index (χ2n) is 6.11. The van der Waals surface area contributed by atoms with Crippen LogP contribution in [-0.4, -0.2) is 26.5 Å². The first-order chi connectivity index (χ1) is 12.7. The summed E-state index contributed by atoms with van der Waals surface area (Å²) in [5, 5.41) is 3.32. The molecular weight excluding hydrogens is 326 g/mol. The lowest BCUT2D eigenvalue weighted by atomic mass is 10.0. The number of methoxy groups -OCH3 is 1. The van der Waals surface area contributed by atoms with Crippen LogP contribution in [0.2, 0.25) is 0 Å². The fourth-order valence-electron chi connectivity index (χ4n) is 3.07. The van der Waals surface area contributed by atoms with Crippen LogP contribution in [0.3, 0.4) is 0 Å². The highest BCUT2D eigenvalue weighted by Gasteiger charge is 2.13. The zero-order valence-electron chi connectivity index (χ0n) is 14.9. The van der Waals surface area contributed by atoms with E-state index in [9.17, 15) is 0 Å². The van der Waals surface area contributed by atoms with Crippen molar-refractivity contribution < 1.29 is 4.74 Å². The van der Waals surface area contributed by atoms with E-state index >= 15 is 0 Å². The Labute approximate surface area is 151 Å². The van der Waals surface area contributed by atoms with Crippen molar-refractivity contribution in [3.8, 4) is 17.1 Å². The average molecular weight is 345 g/mol. The number of fused-ring (bicyclic) bond motifs is 1. The number of hydrogen-bond acceptors (Lipinski definition) is 5. The number of hydrogen-bond donors (Lipinski definition) is 1. The van der Waals surface area contributed by atoms with E-state index in [0.717, 1.165) is 22.6 Å². The summed E-state index contributed by atoms with van der Waals surface area (Å²) in [6.45, 7) is 4.20. The van der Waals surface area contributed by atoms with Gasteiger partial charge >= 0.3 is 0 Å². The van der Waals surface area contributed by atoms with Gasteiger partial charge in [0.1, 0.15) is 0 Å². The minimum atomic E-state index is 0.568. The number of anilines is 2. The number of ether oxygens (including phenoxy) is 1. The highest BCUT2D eigenvalue weighted by molar-refractivity contribution is 5.75. The van der Waals surface area contributed by atoms with Crippen LogP contribution in [0.5, 0.6) is 5.88 Å². The molecule has 1 aromatic carbocycles. The van der Waals surface area contributed by atoms with Gasteiger partial charge in [0.2, 0.25) is 5.88 Å². The van der Waals surface area contributed by atoms with Crippen molar-refractivity contribution in [1.29, 1.82) is 0 Å². The molecule has 0 unspecified atom stereocenters. The van der Waals surface area contributed by atoms with Gasteiger partial charge in [0, 0.05) is 30.2 Å². The molecule has 0 atom stereocenters. The van der Waals surface area contributed by atoms with Crippen LogP contribution < -0.4 is 10.1 Å². The van der Waals surface area contributed by atoms with Crippen molar-refractivity contribution in [3.63, 3.8) is 0 Å². The van der Waals surface area contributed by atoms with Gasteiger partial charge in [-0.2, -0.15) is 0 Å². The quantitative estimate of drug-likeness (QED) is 0.602. The predicted molar refractivity (Wildman–Crippen MR) is 102 cm³/mol. The smallest absolute Gasteiger partial charge is 0.213 e. The molecule has 0 aliphatic heterocycles.